The molecule has 4 nitrogen and oxygen atoms in total. The van der Waals surface area contributed by atoms with Crippen molar-refractivity contribution in [3.8, 4) is 0 Å². The zero-order valence-electron chi connectivity index (χ0n) is 12.1. The Balaban J connectivity index is 1.96. The second kappa shape index (κ2) is 6.10. The van der Waals surface area contributed by atoms with Crippen LogP contribution < -0.4 is 5.32 Å². The maximum absolute atomic E-state index is 12.7. The van der Waals surface area contributed by atoms with Crippen LogP contribution in [0.1, 0.15) is 31.4 Å². The summed E-state index contributed by atoms with van der Waals surface area (Å²) >= 11 is 1.92. The van der Waals surface area contributed by atoms with Crippen LogP contribution in [0.2, 0.25) is 0 Å². The molecule has 2 saturated heterocycles. The average molecular weight is 304 g/mol. The molecule has 2 aliphatic heterocycles. The first-order valence-electron chi connectivity index (χ1n) is 7.43. The number of hydrogen-bond donors (Lipinski definition) is 1. The molecule has 2 fully saturated rings. The standard InChI is InChI=1S/C16H20N2O2S/c1-11-16(20)18(13-7-9-21-10-8-13)14(15(19)17-11)12-5-3-2-4-6-12/h2-6,11,13-14H,7-10H2,1H3,(H,17,19). The monoisotopic (exact) mass is 304 g/mol. The molecule has 0 aromatic heterocycles. The van der Waals surface area contributed by atoms with Gasteiger partial charge in [-0.05, 0) is 36.8 Å². The summed E-state index contributed by atoms with van der Waals surface area (Å²) < 4.78 is 0. The number of piperazine rings is 1. The predicted molar refractivity (Wildman–Crippen MR) is 84.0 cm³/mol. The Morgan fingerprint density at radius 1 is 1.14 bits per heavy atom. The van der Waals surface area contributed by atoms with E-state index in [9.17, 15) is 9.59 Å². The maximum atomic E-state index is 12.7. The molecule has 3 rings (SSSR count). The van der Waals surface area contributed by atoms with E-state index in [1.807, 2.05) is 47.0 Å². The minimum atomic E-state index is -0.483. The number of thioether (sulfide) groups is 1. The summed E-state index contributed by atoms with van der Waals surface area (Å²) in [7, 11) is 0. The number of nitrogens with one attached hydrogen (secondary N) is 1. The summed E-state index contributed by atoms with van der Waals surface area (Å²) in [5.74, 6) is 2.10. The third-order valence-electron chi connectivity index (χ3n) is 4.21. The molecule has 1 aromatic rings. The Hall–Kier alpha value is -1.49. The topological polar surface area (TPSA) is 49.4 Å². The van der Waals surface area contributed by atoms with Crippen LogP contribution in [-0.2, 0) is 9.59 Å². The van der Waals surface area contributed by atoms with E-state index in [0.29, 0.717) is 0 Å². The molecule has 0 bridgehead atoms. The minimum Gasteiger partial charge on any atom is -0.342 e. The van der Waals surface area contributed by atoms with Gasteiger partial charge in [-0.15, -0.1) is 0 Å². The fourth-order valence-electron chi connectivity index (χ4n) is 3.13. The first-order valence-corrected chi connectivity index (χ1v) is 8.59. The molecule has 0 radical (unpaired) electrons. The summed E-state index contributed by atoms with van der Waals surface area (Å²) in [4.78, 5) is 27.0. The molecule has 1 aromatic carbocycles. The van der Waals surface area contributed by atoms with Gasteiger partial charge in [0.05, 0.1) is 0 Å². The second-order valence-corrected chi connectivity index (χ2v) is 6.86. The zero-order chi connectivity index (χ0) is 14.8. The van der Waals surface area contributed by atoms with E-state index < -0.39 is 12.1 Å². The van der Waals surface area contributed by atoms with Crippen LogP contribution in [-0.4, -0.2) is 40.3 Å². The highest BCUT2D eigenvalue weighted by atomic mass is 32.2. The third kappa shape index (κ3) is 2.79. The van der Waals surface area contributed by atoms with E-state index in [4.69, 9.17) is 0 Å². The van der Waals surface area contributed by atoms with Gasteiger partial charge in [0.1, 0.15) is 12.1 Å². The minimum absolute atomic E-state index is 0.0420. The molecule has 2 heterocycles. The lowest BCUT2D eigenvalue weighted by Crippen LogP contribution is -2.61. The van der Waals surface area contributed by atoms with Gasteiger partial charge in [0.15, 0.2) is 0 Å². The van der Waals surface area contributed by atoms with Gasteiger partial charge >= 0.3 is 0 Å². The van der Waals surface area contributed by atoms with Crippen LogP contribution >= 0.6 is 11.8 Å². The van der Waals surface area contributed by atoms with Gasteiger partial charge in [0.2, 0.25) is 11.8 Å². The van der Waals surface area contributed by atoms with Gasteiger partial charge < -0.3 is 10.2 Å². The van der Waals surface area contributed by atoms with E-state index in [0.717, 1.165) is 29.9 Å². The van der Waals surface area contributed by atoms with Crippen molar-refractivity contribution >= 4 is 23.6 Å². The van der Waals surface area contributed by atoms with E-state index in [1.54, 1.807) is 6.92 Å². The van der Waals surface area contributed by atoms with E-state index in [-0.39, 0.29) is 17.9 Å². The quantitative estimate of drug-likeness (QED) is 0.909. The van der Waals surface area contributed by atoms with Crippen LogP contribution in [0.5, 0.6) is 0 Å². The van der Waals surface area contributed by atoms with Crippen molar-refractivity contribution in [2.45, 2.75) is 37.9 Å². The average Bonchev–Trinajstić information content (AvgIpc) is 2.52. The highest BCUT2D eigenvalue weighted by molar-refractivity contribution is 7.99. The van der Waals surface area contributed by atoms with Gasteiger partial charge in [-0.25, -0.2) is 0 Å². The maximum Gasteiger partial charge on any atom is 0.248 e. The van der Waals surface area contributed by atoms with E-state index in [2.05, 4.69) is 5.32 Å². The van der Waals surface area contributed by atoms with Crippen LogP contribution in [0.4, 0.5) is 0 Å². The van der Waals surface area contributed by atoms with Crippen molar-refractivity contribution in [1.82, 2.24) is 10.2 Å². The highest BCUT2D eigenvalue weighted by Crippen LogP contribution is 2.32. The lowest BCUT2D eigenvalue weighted by molar-refractivity contribution is -0.152. The van der Waals surface area contributed by atoms with Crippen LogP contribution in [0.15, 0.2) is 30.3 Å². The zero-order valence-corrected chi connectivity index (χ0v) is 12.9. The molecule has 2 amide bonds. The molecular formula is C16H20N2O2S. The van der Waals surface area contributed by atoms with Crippen molar-refractivity contribution in [3.63, 3.8) is 0 Å². The largest absolute Gasteiger partial charge is 0.342 e. The van der Waals surface area contributed by atoms with Gasteiger partial charge in [-0.2, -0.15) is 11.8 Å². The molecule has 2 unspecified atom stereocenters. The Labute approximate surface area is 129 Å². The molecule has 112 valence electrons. The Morgan fingerprint density at radius 3 is 2.48 bits per heavy atom. The van der Waals surface area contributed by atoms with Crippen molar-refractivity contribution in [2.24, 2.45) is 0 Å². The number of carbonyl (C=O) groups is 2. The number of amides is 2. The van der Waals surface area contributed by atoms with Crippen molar-refractivity contribution in [2.75, 3.05) is 11.5 Å². The van der Waals surface area contributed by atoms with E-state index in [1.165, 1.54) is 0 Å². The molecule has 21 heavy (non-hydrogen) atoms. The lowest BCUT2D eigenvalue weighted by atomic mass is 9.96. The Morgan fingerprint density at radius 2 is 1.81 bits per heavy atom. The summed E-state index contributed by atoms with van der Waals surface area (Å²) in [6, 6.07) is 8.89. The second-order valence-electron chi connectivity index (χ2n) is 5.63. The predicted octanol–water partition coefficient (Wildman–Crippen LogP) is 1.97. The van der Waals surface area contributed by atoms with Crippen molar-refractivity contribution in [3.05, 3.63) is 35.9 Å². The molecule has 2 aliphatic rings. The number of nitrogens with zero attached hydrogens (tertiary/aromatic N) is 1. The molecule has 2 atom stereocenters. The summed E-state index contributed by atoms with van der Waals surface area (Å²) in [6.07, 6.45) is 1.94. The van der Waals surface area contributed by atoms with E-state index >= 15 is 0 Å². The van der Waals surface area contributed by atoms with Crippen LogP contribution in [0.25, 0.3) is 0 Å². The summed E-state index contributed by atoms with van der Waals surface area (Å²) in [5, 5.41) is 2.81. The Bertz CT molecular complexity index is 528. The third-order valence-corrected chi connectivity index (χ3v) is 5.26. The number of carbonyl (C=O) groups excluding carboxylic acids is 2. The van der Waals surface area contributed by atoms with Crippen LogP contribution in [0, 0.1) is 0 Å². The smallest absolute Gasteiger partial charge is 0.248 e. The number of rotatable bonds is 2. The molecule has 0 aliphatic carbocycles. The highest BCUT2D eigenvalue weighted by Gasteiger charge is 2.43. The molecular weight excluding hydrogens is 284 g/mol. The summed E-state index contributed by atoms with van der Waals surface area (Å²) in [6.45, 7) is 1.77. The van der Waals surface area contributed by atoms with Gasteiger partial charge in [0, 0.05) is 6.04 Å². The van der Waals surface area contributed by atoms with Gasteiger partial charge in [-0.1, -0.05) is 30.3 Å². The fraction of sp³-hybridized carbons (Fsp3) is 0.500. The number of benzene rings is 1. The first-order chi connectivity index (χ1) is 10.2. The SMILES string of the molecule is CC1NC(=O)C(c2ccccc2)N(C2CCSCC2)C1=O. The molecule has 1 N–H and O–H groups in total. The number of hydrogen-bond acceptors (Lipinski definition) is 3. The molecule has 0 spiro atoms. The van der Waals surface area contributed by atoms with Gasteiger partial charge in [0.25, 0.3) is 0 Å². The molecule has 0 saturated carbocycles. The van der Waals surface area contributed by atoms with Crippen LogP contribution in [0.3, 0.4) is 0 Å². The molecule has 5 heteroatoms. The Kier molecular flexibility index (Phi) is 4.19. The van der Waals surface area contributed by atoms with Crippen molar-refractivity contribution in [1.29, 1.82) is 0 Å². The van der Waals surface area contributed by atoms with Gasteiger partial charge in [-0.3, -0.25) is 9.59 Å². The lowest BCUT2D eigenvalue weighted by Gasteiger charge is -2.44. The fourth-order valence-corrected chi connectivity index (χ4v) is 4.21. The van der Waals surface area contributed by atoms with Crippen molar-refractivity contribution < 1.29 is 9.59 Å². The first kappa shape index (κ1) is 14.4. The summed E-state index contributed by atoms with van der Waals surface area (Å²) in [5.41, 5.74) is 0.897. The normalized spacial score (nSPS) is 27.6.